The smallest absolute Gasteiger partial charge is 0.453 e. The van der Waals surface area contributed by atoms with Crippen molar-refractivity contribution in [3.8, 4) is 17.2 Å². The van der Waals surface area contributed by atoms with E-state index >= 15 is 0 Å². The lowest BCUT2D eigenvalue weighted by atomic mass is 10.1. The van der Waals surface area contributed by atoms with Crippen molar-refractivity contribution in [3.05, 3.63) is 63.5 Å². The van der Waals surface area contributed by atoms with Crippen molar-refractivity contribution in [1.82, 2.24) is 4.90 Å². The molecule has 0 saturated carbocycles. The van der Waals surface area contributed by atoms with Crippen LogP contribution in [0.5, 0.6) is 17.2 Å². The third-order valence-electron chi connectivity index (χ3n) is 5.78. The Labute approximate surface area is 194 Å². The molecule has 0 unspecified atom stereocenters. The van der Waals surface area contributed by atoms with Gasteiger partial charge in [-0.25, -0.2) is 0 Å². The summed E-state index contributed by atoms with van der Waals surface area (Å²) < 4.78 is 58.3. The van der Waals surface area contributed by atoms with Crippen molar-refractivity contribution in [3.63, 3.8) is 0 Å². The summed E-state index contributed by atoms with van der Waals surface area (Å²) in [5, 5.41) is 10.4. The number of aryl methyl sites for hydroxylation is 1. The van der Waals surface area contributed by atoms with Crippen molar-refractivity contribution in [2.45, 2.75) is 52.1 Å². The molecule has 0 aliphatic carbocycles. The second-order valence-electron chi connectivity index (χ2n) is 8.58. The predicted octanol–water partition coefficient (Wildman–Crippen LogP) is 5.48. The number of rotatable bonds is 5. The van der Waals surface area contributed by atoms with Crippen LogP contribution in [0.3, 0.4) is 0 Å². The van der Waals surface area contributed by atoms with Crippen LogP contribution in [0, 0.1) is 0 Å². The zero-order valence-corrected chi connectivity index (χ0v) is 19.1. The lowest BCUT2D eigenvalue weighted by Gasteiger charge is -2.35. The van der Waals surface area contributed by atoms with Gasteiger partial charge in [0, 0.05) is 19.6 Å². The minimum Gasteiger partial charge on any atom is -0.507 e. The monoisotopic (exact) mass is 477 g/mol. The maximum absolute atomic E-state index is 14.0. The number of ether oxygens (including phenoxy) is 2. The molecule has 1 saturated heterocycles. The number of fused-ring (bicyclic) bond motifs is 1. The van der Waals surface area contributed by atoms with Crippen molar-refractivity contribution in [2.24, 2.45) is 0 Å². The fraction of sp³-hybridized carbons (Fsp3) is 0.400. The highest BCUT2D eigenvalue weighted by Crippen LogP contribution is 2.40. The second-order valence-corrected chi connectivity index (χ2v) is 8.58. The first-order valence-electron chi connectivity index (χ1n) is 11.1. The number of hydrogen-bond acceptors (Lipinski definition) is 6. The average molecular weight is 477 g/mol. The normalized spacial score (nSPS) is 19.5. The summed E-state index contributed by atoms with van der Waals surface area (Å²) >= 11 is 0. The van der Waals surface area contributed by atoms with Crippen LogP contribution in [0.25, 0.3) is 11.0 Å². The van der Waals surface area contributed by atoms with Crippen LogP contribution in [0.15, 0.2) is 45.6 Å². The van der Waals surface area contributed by atoms with Gasteiger partial charge in [-0.15, -0.1) is 0 Å². The standard InChI is InChI=1S/C25H26F3NO5/c1-4-16-5-7-17(8-6-16)33-23-21(31)18-9-10-20(30)19(22(18)34-24(23)25(26,27)28)13-29-11-14(2)32-15(3)12-29/h5-10,14-15,30H,4,11-13H2,1-3H3/t14-,15+. The fourth-order valence-corrected chi connectivity index (χ4v) is 4.27. The van der Waals surface area contributed by atoms with E-state index in [2.05, 4.69) is 0 Å². The van der Waals surface area contributed by atoms with E-state index in [1.165, 1.54) is 24.3 Å². The molecule has 0 bridgehead atoms. The van der Waals surface area contributed by atoms with Crippen LogP contribution >= 0.6 is 0 Å². The molecular formula is C25H26F3NO5. The molecule has 1 fully saturated rings. The Kier molecular flexibility index (Phi) is 6.60. The lowest BCUT2D eigenvalue weighted by molar-refractivity contribution is -0.154. The number of alkyl halides is 3. The predicted molar refractivity (Wildman–Crippen MR) is 120 cm³/mol. The minimum absolute atomic E-state index is 0.0855. The van der Waals surface area contributed by atoms with Gasteiger partial charge in [0.25, 0.3) is 5.76 Å². The van der Waals surface area contributed by atoms with Gasteiger partial charge in [-0.2, -0.15) is 13.2 Å². The van der Waals surface area contributed by atoms with E-state index in [0.717, 1.165) is 12.0 Å². The van der Waals surface area contributed by atoms with Gasteiger partial charge in [-0.05, 0) is 50.1 Å². The van der Waals surface area contributed by atoms with Crippen LogP contribution in [0.4, 0.5) is 13.2 Å². The number of nitrogens with zero attached hydrogens (tertiary/aromatic N) is 1. The van der Waals surface area contributed by atoms with Crippen molar-refractivity contribution in [1.29, 1.82) is 0 Å². The third kappa shape index (κ3) is 4.90. The summed E-state index contributed by atoms with van der Waals surface area (Å²) in [7, 11) is 0. The number of halogens is 3. The van der Waals surface area contributed by atoms with Crippen LogP contribution in [-0.2, 0) is 23.9 Å². The summed E-state index contributed by atoms with van der Waals surface area (Å²) in [4.78, 5) is 15.1. The van der Waals surface area contributed by atoms with E-state index < -0.39 is 23.1 Å². The lowest BCUT2D eigenvalue weighted by Crippen LogP contribution is -2.44. The quantitative estimate of drug-likeness (QED) is 0.525. The number of phenolic OH excluding ortho intramolecular Hbond substituents is 1. The van der Waals surface area contributed by atoms with Gasteiger partial charge >= 0.3 is 6.18 Å². The molecule has 2 atom stereocenters. The van der Waals surface area contributed by atoms with Crippen LogP contribution < -0.4 is 10.2 Å². The summed E-state index contributed by atoms with van der Waals surface area (Å²) in [6.07, 6.45) is -4.41. The first-order chi connectivity index (χ1) is 16.1. The molecular weight excluding hydrogens is 451 g/mol. The minimum atomic E-state index is -4.99. The Morgan fingerprint density at radius 2 is 1.74 bits per heavy atom. The van der Waals surface area contributed by atoms with Crippen molar-refractivity contribution >= 4 is 11.0 Å². The molecule has 182 valence electrons. The first-order valence-corrected chi connectivity index (χ1v) is 11.1. The molecule has 9 heteroatoms. The molecule has 6 nitrogen and oxygen atoms in total. The molecule has 34 heavy (non-hydrogen) atoms. The molecule has 4 rings (SSSR count). The Bertz CT molecular complexity index is 1230. The van der Waals surface area contributed by atoms with Gasteiger partial charge in [0.15, 0.2) is 0 Å². The molecule has 1 aromatic heterocycles. The van der Waals surface area contributed by atoms with E-state index in [9.17, 15) is 23.1 Å². The highest BCUT2D eigenvalue weighted by molar-refractivity contribution is 5.83. The first kappa shape index (κ1) is 24.1. The Balaban J connectivity index is 1.82. The zero-order chi connectivity index (χ0) is 24.6. The number of benzene rings is 2. The number of hydrogen-bond donors (Lipinski definition) is 1. The average Bonchev–Trinajstić information content (AvgIpc) is 2.76. The van der Waals surface area contributed by atoms with E-state index in [4.69, 9.17) is 13.9 Å². The van der Waals surface area contributed by atoms with Crippen molar-refractivity contribution in [2.75, 3.05) is 13.1 Å². The summed E-state index contributed by atoms with van der Waals surface area (Å²) in [5.74, 6) is -2.64. The van der Waals surface area contributed by atoms with E-state index in [-0.39, 0.29) is 46.8 Å². The fourth-order valence-electron chi connectivity index (χ4n) is 4.27. The highest BCUT2D eigenvalue weighted by atomic mass is 19.4. The van der Waals surface area contributed by atoms with Gasteiger partial charge in [-0.3, -0.25) is 9.69 Å². The second kappa shape index (κ2) is 9.31. The van der Waals surface area contributed by atoms with Gasteiger partial charge < -0.3 is 19.0 Å². The Hall–Kier alpha value is -3.04. The van der Waals surface area contributed by atoms with Gasteiger partial charge in [0.1, 0.15) is 17.1 Å². The van der Waals surface area contributed by atoms with Crippen LogP contribution in [-0.4, -0.2) is 35.3 Å². The topological polar surface area (TPSA) is 72.1 Å². The molecule has 2 aromatic carbocycles. The van der Waals surface area contributed by atoms with Crippen molar-refractivity contribution < 1.29 is 32.2 Å². The number of phenols is 1. The molecule has 1 aliphatic rings. The third-order valence-corrected chi connectivity index (χ3v) is 5.78. The summed E-state index contributed by atoms with van der Waals surface area (Å²) in [6.45, 7) is 6.87. The van der Waals surface area contributed by atoms with E-state index in [1.807, 2.05) is 25.7 Å². The van der Waals surface area contributed by atoms with Crippen LogP contribution in [0.2, 0.25) is 0 Å². The van der Waals surface area contributed by atoms with E-state index in [0.29, 0.717) is 13.1 Å². The van der Waals surface area contributed by atoms with E-state index in [1.54, 1.807) is 12.1 Å². The zero-order valence-electron chi connectivity index (χ0n) is 19.1. The number of aromatic hydroxyl groups is 1. The molecule has 0 spiro atoms. The largest absolute Gasteiger partial charge is 0.507 e. The Morgan fingerprint density at radius 1 is 1.09 bits per heavy atom. The molecule has 0 amide bonds. The Morgan fingerprint density at radius 3 is 2.32 bits per heavy atom. The molecule has 1 aliphatic heterocycles. The van der Waals surface area contributed by atoms with Gasteiger partial charge in [0.2, 0.25) is 11.2 Å². The van der Waals surface area contributed by atoms with Gasteiger partial charge in [-0.1, -0.05) is 19.1 Å². The molecule has 3 aromatic rings. The van der Waals surface area contributed by atoms with Crippen LogP contribution in [0.1, 0.15) is 37.7 Å². The maximum Gasteiger partial charge on any atom is 0.453 e. The molecule has 0 radical (unpaired) electrons. The SMILES string of the molecule is CCc1ccc(Oc2c(C(F)(F)F)oc3c(CN4C[C@@H](C)O[C@@H](C)C4)c(O)ccc3c2=O)cc1. The molecule has 2 heterocycles. The summed E-state index contributed by atoms with van der Waals surface area (Å²) in [5.41, 5.74) is -0.183. The number of morpholine rings is 1. The highest BCUT2D eigenvalue weighted by Gasteiger charge is 2.41. The molecule has 1 N–H and O–H groups in total. The summed E-state index contributed by atoms with van der Waals surface area (Å²) in [6, 6.07) is 8.97. The van der Waals surface area contributed by atoms with Gasteiger partial charge in [0.05, 0.1) is 23.2 Å². The maximum atomic E-state index is 14.0.